The summed E-state index contributed by atoms with van der Waals surface area (Å²) in [6, 6.07) is 2.27. The van der Waals surface area contributed by atoms with E-state index in [0.717, 1.165) is 37.6 Å². The number of nitrogens with one attached hydrogen (secondary N) is 1. The minimum Gasteiger partial charge on any atom is -0.387 e. The van der Waals surface area contributed by atoms with Gasteiger partial charge in [-0.3, -0.25) is 0 Å². The predicted molar refractivity (Wildman–Crippen MR) is 105 cm³/mol. The quantitative estimate of drug-likeness (QED) is 0.680. The normalized spacial score (nSPS) is 25.6. The number of likely N-dealkylation sites (tertiary alicyclic amines) is 1. The van der Waals surface area contributed by atoms with Gasteiger partial charge in [0.05, 0.1) is 11.9 Å². The minimum atomic E-state index is -3.24. The fraction of sp³-hybridized carbons (Fsp3) is 0.765. The number of piperidine rings is 1. The van der Waals surface area contributed by atoms with E-state index < -0.39 is 15.6 Å². The Bertz CT molecular complexity index is 751. The second kappa shape index (κ2) is 7.86. The fourth-order valence-electron chi connectivity index (χ4n) is 3.76. The molecule has 1 aromatic rings. The highest BCUT2D eigenvalue weighted by Gasteiger charge is 2.41. The molecule has 3 rings (SSSR count). The van der Waals surface area contributed by atoms with Crippen molar-refractivity contribution >= 4 is 21.7 Å². The zero-order chi connectivity index (χ0) is 19.7. The highest BCUT2D eigenvalue weighted by molar-refractivity contribution is 7.88. The first kappa shape index (κ1) is 20.2. The average Bonchev–Trinajstić information content (AvgIpc) is 2.99. The Kier molecular flexibility index (Phi) is 5.90. The summed E-state index contributed by atoms with van der Waals surface area (Å²) in [7, 11) is 0.657. The Morgan fingerprint density at radius 3 is 2.59 bits per heavy atom. The van der Waals surface area contributed by atoms with Crippen LogP contribution in [0.15, 0.2) is 12.4 Å². The van der Waals surface area contributed by atoms with Crippen LogP contribution in [-0.2, 0) is 10.0 Å². The highest BCUT2D eigenvalue weighted by atomic mass is 32.2. The van der Waals surface area contributed by atoms with Crippen molar-refractivity contribution in [2.45, 2.75) is 30.9 Å². The lowest BCUT2D eigenvalue weighted by atomic mass is 9.99. The standard InChI is InChI=1S/C17H30N6O3S/c1-21(2)16-10-15(18-13-19-16)20-14-4-7-22(8-5-14)11-17(24)6-9-23(12-17)27(3,25)26/h10,13-14,24H,4-9,11-12H2,1-3H3,(H,18,19,20). The van der Waals surface area contributed by atoms with Crippen molar-refractivity contribution in [2.75, 3.05) is 63.3 Å². The van der Waals surface area contributed by atoms with E-state index in [1.54, 1.807) is 6.33 Å². The zero-order valence-corrected chi connectivity index (χ0v) is 17.1. The van der Waals surface area contributed by atoms with E-state index in [0.29, 0.717) is 25.6 Å². The molecule has 152 valence electrons. The molecule has 3 heterocycles. The van der Waals surface area contributed by atoms with Crippen molar-refractivity contribution in [1.82, 2.24) is 19.2 Å². The number of aromatic nitrogens is 2. The van der Waals surface area contributed by atoms with Crippen LogP contribution in [0.1, 0.15) is 19.3 Å². The molecule has 2 saturated heterocycles. The molecule has 9 nitrogen and oxygen atoms in total. The molecule has 1 aromatic heterocycles. The van der Waals surface area contributed by atoms with Gasteiger partial charge in [-0.05, 0) is 19.3 Å². The maximum atomic E-state index is 11.7. The monoisotopic (exact) mass is 398 g/mol. The van der Waals surface area contributed by atoms with Crippen LogP contribution < -0.4 is 10.2 Å². The average molecular weight is 399 g/mol. The molecule has 0 spiro atoms. The molecule has 0 aliphatic carbocycles. The number of anilines is 2. The number of sulfonamides is 1. The Balaban J connectivity index is 1.49. The van der Waals surface area contributed by atoms with E-state index >= 15 is 0 Å². The van der Waals surface area contributed by atoms with Crippen molar-refractivity contribution in [1.29, 1.82) is 0 Å². The number of hydrogen-bond donors (Lipinski definition) is 2. The summed E-state index contributed by atoms with van der Waals surface area (Å²) in [5.41, 5.74) is -0.948. The number of rotatable bonds is 6. The first-order chi connectivity index (χ1) is 12.6. The molecule has 27 heavy (non-hydrogen) atoms. The van der Waals surface area contributed by atoms with Gasteiger partial charge in [-0.15, -0.1) is 0 Å². The molecule has 0 amide bonds. The molecule has 0 bridgehead atoms. The van der Waals surface area contributed by atoms with E-state index in [9.17, 15) is 13.5 Å². The largest absolute Gasteiger partial charge is 0.387 e. The van der Waals surface area contributed by atoms with Crippen LogP contribution in [0.5, 0.6) is 0 Å². The van der Waals surface area contributed by atoms with Crippen molar-refractivity contribution in [2.24, 2.45) is 0 Å². The van der Waals surface area contributed by atoms with E-state index in [1.807, 2.05) is 25.1 Å². The summed E-state index contributed by atoms with van der Waals surface area (Å²) in [5.74, 6) is 1.69. The second-order valence-corrected chi connectivity index (χ2v) is 9.90. The van der Waals surface area contributed by atoms with Crippen LogP contribution in [0, 0.1) is 0 Å². The maximum absolute atomic E-state index is 11.7. The molecule has 10 heteroatoms. The van der Waals surface area contributed by atoms with E-state index in [1.165, 1.54) is 10.6 Å². The molecule has 1 unspecified atom stereocenters. The van der Waals surface area contributed by atoms with Crippen LogP contribution in [0.3, 0.4) is 0 Å². The molecule has 0 saturated carbocycles. The first-order valence-corrected chi connectivity index (χ1v) is 11.2. The van der Waals surface area contributed by atoms with Crippen LogP contribution in [0.25, 0.3) is 0 Å². The summed E-state index contributed by atoms with van der Waals surface area (Å²) in [4.78, 5) is 12.7. The van der Waals surface area contributed by atoms with E-state index in [4.69, 9.17) is 0 Å². The number of aliphatic hydroxyl groups is 1. The molecule has 0 radical (unpaired) electrons. The van der Waals surface area contributed by atoms with Crippen molar-refractivity contribution in [3.63, 3.8) is 0 Å². The third-order valence-corrected chi connectivity index (χ3v) is 6.58. The minimum absolute atomic E-state index is 0.193. The summed E-state index contributed by atoms with van der Waals surface area (Å²) in [6.45, 7) is 2.84. The van der Waals surface area contributed by atoms with Gasteiger partial charge in [0.2, 0.25) is 10.0 Å². The van der Waals surface area contributed by atoms with E-state index in [-0.39, 0.29) is 6.54 Å². The molecule has 1 atom stereocenters. The van der Waals surface area contributed by atoms with Gasteiger partial charge in [0.25, 0.3) is 0 Å². The van der Waals surface area contributed by atoms with Gasteiger partial charge < -0.3 is 20.2 Å². The van der Waals surface area contributed by atoms with Gasteiger partial charge in [0, 0.05) is 58.9 Å². The lowest BCUT2D eigenvalue weighted by Crippen LogP contribution is -2.49. The van der Waals surface area contributed by atoms with Crippen LogP contribution >= 0.6 is 0 Å². The summed E-state index contributed by atoms with van der Waals surface area (Å²) >= 11 is 0. The smallest absolute Gasteiger partial charge is 0.211 e. The lowest BCUT2D eigenvalue weighted by molar-refractivity contribution is 0.0106. The van der Waals surface area contributed by atoms with Gasteiger partial charge in [-0.1, -0.05) is 0 Å². The van der Waals surface area contributed by atoms with Crippen molar-refractivity contribution in [3.05, 3.63) is 12.4 Å². The van der Waals surface area contributed by atoms with E-state index in [2.05, 4.69) is 20.2 Å². The van der Waals surface area contributed by atoms with Crippen LogP contribution in [-0.4, -0.2) is 97.4 Å². The summed E-state index contributed by atoms with van der Waals surface area (Å²) in [6.07, 6.45) is 5.16. The molecule has 2 aliphatic rings. The number of hydrogen-bond acceptors (Lipinski definition) is 8. The number of β-amino-alcohol motifs (C(OH)–C–C–N with tert-alkyl or cyclic N) is 1. The summed E-state index contributed by atoms with van der Waals surface area (Å²) in [5, 5.41) is 14.2. The number of nitrogens with zero attached hydrogens (tertiary/aromatic N) is 5. The fourth-order valence-corrected chi connectivity index (χ4v) is 4.66. The maximum Gasteiger partial charge on any atom is 0.211 e. The Morgan fingerprint density at radius 1 is 1.30 bits per heavy atom. The molecular weight excluding hydrogens is 368 g/mol. The Labute approximate surface area is 161 Å². The highest BCUT2D eigenvalue weighted by Crippen LogP contribution is 2.26. The summed E-state index contributed by atoms with van der Waals surface area (Å²) < 4.78 is 24.7. The van der Waals surface area contributed by atoms with Crippen LogP contribution in [0.4, 0.5) is 11.6 Å². The Hall–Kier alpha value is -1.49. The lowest BCUT2D eigenvalue weighted by Gasteiger charge is -2.36. The van der Waals surface area contributed by atoms with Gasteiger partial charge in [0.1, 0.15) is 18.0 Å². The van der Waals surface area contributed by atoms with Crippen molar-refractivity contribution in [3.8, 4) is 0 Å². The first-order valence-electron chi connectivity index (χ1n) is 9.30. The SMILES string of the molecule is CN(C)c1cc(NC2CCN(CC3(O)CCN(S(C)(=O)=O)C3)CC2)ncn1. The van der Waals surface area contributed by atoms with Gasteiger partial charge >= 0.3 is 0 Å². The van der Waals surface area contributed by atoms with Crippen LogP contribution in [0.2, 0.25) is 0 Å². The molecule has 0 aromatic carbocycles. The molecule has 2 fully saturated rings. The van der Waals surface area contributed by atoms with Crippen molar-refractivity contribution < 1.29 is 13.5 Å². The Morgan fingerprint density at radius 2 is 2.00 bits per heavy atom. The van der Waals surface area contributed by atoms with Gasteiger partial charge in [0.15, 0.2) is 0 Å². The van der Waals surface area contributed by atoms with Gasteiger partial charge in [-0.25, -0.2) is 18.4 Å². The third kappa shape index (κ3) is 5.28. The van der Waals surface area contributed by atoms with Gasteiger partial charge in [-0.2, -0.15) is 4.31 Å². The second-order valence-electron chi connectivity index (χ2n) is 7.92. The molecule has 2 aliphatic heterocycles. The zero-order valence-electron chi connectivity index (χ0n) is 16.3. The topological polar surface area (TPSA) is 102 Å². The molecular formula is C17H30N6O3S. The molecule has 2 N–H and O–H groups in total. The third-order valence-electron chi connectivity index (χ3n) is 5.33. The predicted octanol–water partition coefficient (Wildman–Crippen LogP) is -0.185.